The number of hydrogen-bond acceptors (Lipinski definition) is 4. The molecule has 1 fully saturated rings. The Morgan fingerprint density at radius 2 is 1.95 bits per heavy atom. The highest BCUT2D eigenvalue weighted by Gasteiger charge is 2.28. The molecular formula is C15H14N2O3. The zero-order chi connectivity index (χ0) is 14.1. The maximum atomic E-state index is 12.3. The summed E-state index contributed by atoms with van der Waals surface area (Å²) in [6, 6.07) is 10.2. The lowest BCUT2D eigenvalue weighted by molar-refractivity contribution is -0.139. The molecule has 3 rings (SSSR count). The van der Waals surface area contributed by atoms with E-state index in [1.54, 1.807) is 12.1 Å². The summed E-state index contributed by atoms with van der Waals surface area (Å²) in [6.45, 7) is 0.353. The average Bonchev–Trinajstić information content (AvgIpc) is 2.85. The first-order valence-electron chi connectivity index (χ1n) is 6.41. The standard InChI is InChI=1S/C15H14N2O3/c16-12-6-5-11(9-3-1-2-4-10(9)12)14(18)17-13-7-8-20-15(13)19/h1-6,13H,7-8,16H2,(H,17,18)/t13-/m0/s1. The topological polar surface area (TPSA) is 81.4 Å². The SMILES string of the molecule is Nc1ccc(C(=O)N[C@H]2CCOC2=O)c2ccccc12. The van der Waals surface area contributed by atoms with Crippen molar-refractivity contribution in [3.05, 3.63) is 42.0 Å². The van der Waals surface area contributed by atoms with Gasteiger partial charge in [0.1, 0.15) is 6.04 Å². The van der Waals surface area contributed by atoms with Crippen LogP contribution in [0, 0.1) is 0 Å². The van der Waals surface area contributed by atoms with Crippen LogP contribution in [0.4, 0.5) is 5.69 Å². The molecule has 0 bridgehead atoms. The van der Waals surface area contributed by atoms with Crippen molar-refractivity contribution >= 4 is 28.3 Å². The molecule has 0 spiro atoms. The first kappa shape index (κ1) is 12.5. The van der Waals surface area contributed by atoms with Gasteiger partial charge in [-0.3, -0.25) is 4.79 Å². The Morgan fingerprint density at radius 3 is 2.65 bits per heavy atom. The monoisotopic (exact) mass is 270 g/mol. The molecule has 20 heavy (non-hydrogen) atoms. The van der Waals surface area contributed by atoms with E-state index in [1.807, 2.05) is 24.3 Å². The second-order valence-electron chi connectivity index (χ2n) is 4.73. The minimum atomic E-state index is -0.557. The molecular weight excluding hydrogens is 256 g/mol. The van der Waals surface area contributed by atoms with Crippen LogP contribution in [0.15, 0.2) is 36.4 Å². The van der Waals surface area contributed by atoms with Gasteiger partial charge in [0.2, 0.25) is 0 Å². The van der Waals surface area contributed by atoms with Crippen LogP contribution in [0.2, 0.25) is 0 Å². The fourth-order valence-electron chi connectivity index (χ4n) is 2.38. The largest absolute Gasteiger partial charge is 0.464 e. The molecule has 0 aliphatic carbocycles. The fraction of sp³-hybridized carbons (Fsp3) is 0.200. The summed E-state index contributed by atoms with van der Waals surface area (Å²) < 4.78 is 4.84. The Hall–Kier alpha value is -2.56. The highest BCUT2D eigenvalue weighted by atomic mass is 16.5. The second-order valence-corrected chi connectivity index (χ2v) is 4.73. The minimum absolute atomic E-state index is 0.287. The van der Waals surface area contributed by atoms with E-state index in [1.165, 1.54) is 0 Å². The molecule has 1 atom stereocenters. The third-order valence-corrected chi connectivity index (χ3v) is 3.44. The van der Waals surface area contributed by atoms with Gasteiger partial charge < -0.3 is 15.8 Å². The van der Waals surface area contributed by atoms with Crippen LogP contribution >= 0.6 is 0 Å². The van der Waals surface area contributed by atoms with Crippen LogP contribution < -0.4 is 11.1 Å². The molecule has 3 N–H and O–H groups in total. The summed E-state index contributed by atoms with van der Waals surface area (Å²) in [6.07, 6.45) is 0.511. The van der Waals surface area contributed by atoms with Crippen LogP contribution in [0.1, 0.15) is 16.8 Å². The predicted molar refractivity (Wildman–Crippen MR) is 75.2 cm³/mol. The number of nitrogens with two attached hydrogens (primary N) is 1. The first-order valence-corrected chi connectivity index (χ1v) is 6.41. The lowest BCUT2D eigenvalue weighted by atomic mass is 10.0. The molecule has 2 aromatic rings. The molecule has 0 saturated carbocycles. The van der Waals surface area contributed by atoms with E-state index in [-0.39, 0.29) is 11.9 Å². The zero-order valence-electron chi connectivity index (χ0n) is 10.8. The first-order chi connectivity index (χ1) is 9.66. The van der Waals surface area contributed by atoms with Crippen LogP contribution in [-0.2, 0) is 9.53 Å². The number of nitrogen functional groups attached to an aromatic ring is 1. The molecule has 5 nitrogen and oxygen atoms in total. The van der Waals surface area contributed by atoms with Crippen molar-refractivity contribution in [2.45, 2.75) is 12.5 Å². The second kappa shape index (κ2) is 4.85. The van der Waals surface area contributed by atoms with Gasteiger partial charge in [-0.2, -0.15) is 0 Å². The molecule has 0 unspecified atom stereocenters. The number of anilines is 1. The number of nitrogens with one attached hydrogen (secondary N) is 1. The van der Waals surface area contributed by atoms with E-state index in [0.717, 1.165) is 10.8 Å². The Bertz CT molecular complexity index is 697. The number of cyclic esters (lactones) is 1. The molecule has 0 aromatic heterocycles. The Morgan fingerprint density at radius 1 is 1.20 bits per heavy atom. The van der Waals surface area contributed by atoms with Gasteiger partial charge in [0.15, 0.2) is 0 Å². The molecule has 2 aromatic carbocycles. The van der Waals surface area contributed by atoms with E-state index in [2.05, 4.69) is 5.32 Å². The van der Waals surface area contributed by atoms with Crippen molar-refractivity contribution in [3.8, 4) is 0 Å². The van der Waals surface area contributed by atoms with E-state index in [0.29, 0.717) is 24.3 Å². The summed E-state index contributed by atoms with van der Waals surface area (Å²) in [4.78, 5) is 23.7. The van der Waals surface area contributed by atoms with Crippen LogP contribution in [-0.4, -0.2) is 24.5 Å². The van der Waals surface area contributed by atoms with Crippen LogP contribution in [0.25, 0.3) is 10.8 Å². The summed E-state index contributed by atoms with van der Waals surface area (Å²) >= 11 is 0. The summed E-state index contributed by atoms with van der Waals surface area (Å²) in [7, 11) is 0. The van der Waals surface area contributed by atoms with Crippen molar-refractivity contribution in [2.24, 2.45) is 0 Å². The van der Waals surface area contributed by atoms with E-state index in [9.17, 15) is 9.59 Å². The quantitative estimate of drug-likeness (QED) is 0.639. The third-order valence-electron chi connectivity index (χ3n) is 3.44. The predicted octanol–water partition coefficient (Wildman–Crippen LogP) is 1.47. The molecule has 1 heterocycles. The number of hydrogen-bond donors (Lipinski definition) is 2. The van der Waals surface area contributed by atoms with Crippen molar-refractivity contribution in [1.82, 2.24) is 5.32 Å². The van der Waals surface area contributed by atoms with Gasteiger partial charge in [-0.05, 0) is 17.5 Å². The number of amides is 1. The summed E-state index contributed by atoms with van der Waals surface area (Å²) in [5.74, 6) is -0.664. The number of rotatable bonds is 2. The number of carbonyl (C=O) groups excluding carboxylic acids is 2. The minimum Gasteiger partial charge on any atom is -0.464 e. The van der Waals surface area contributed by atoms with Crippen LogP contribution in [0.5, 0.6) is 0 Å². The normalized spacial score (nSPS) is 18.0. The van der Waals surface area contributed by atoms with Gasteiger partial charge >= 0.3 is 5.97 Å². The highest BCUT2D eigenvalue weighted by Crippen LogP contribution is 2.24. The van der Waals surface area contributed by atoms with E-state index < -0.39 is 6.04 Å². The number of carbonyl (C=O) groups is 2. The summed E-state index contributed by atoms with van der Waals surface area (Å²) in [5, 5.41) is 4.30. The average molecular weight is 270 g/mol. The highest BCUT2D eigenvalue weighted by molar-refractivity contribution is 6.10. The maximum Gasteiger partial charge on any atom is 0.328 e. The zero-order valence-corrected chi connectivity index (χ0v) is 10.8. The molecule has 1 aliphatic rings. The lowest BCUT2D eigenvalue weighted by Crippen LogP contribution is -2.38. The van der Waals surface area contributed by atoms with Crippen molar-refractivity contribution < 1.29 is 14.3 Å². The Balaban J connectivity index is 1.96. The molecule has 5 heteroatoms. The van der Waals surface area contributed by atoms with Gasteiger partial charge in [0.05, 0.1) is 6.61 Å². The van der Waals surface area contributed by atoms with Gasteiger partial charge in [-0.1, -0.05) is 24.3 Å². The Kier molecular flexibility index (Phi) is 3.02. The number of ether oxygens (including phenoxy) is 1. The van der Waals surface area contributed by atoms with Gasteiger partial charge in [-0.25, -0.2) is 4.79 Å². The Labute approximate surface area is 115 Å². The van der Waals surface area contributed by atoms with Gasteiger partial charge in [0.25, 0.3) is 5.91 Å². The van der Waals surface area contributed by atoms with Gasteiger partial charge in [0, 0.05) is 23.1 Å². The molecule has 0 radical (unpaired) electrons. The smallest absolute Gasteiger partial charge is 0.328 e. The number of esters is 1. The van der Waals surface area contributed by atoms with Crippen LogP contribution in [0.3, 0.4) is 0 Å². The molecule has 1 aliphatic heterocycles. The van der Waals surface area contributed by atoms with E-state index >= 15 is 0 Å². The molecule has 1 saturated heterocycles. The van der Waals surface area contributed by atoms with Crippen molar-refractivity contribution in [3.63, 3.8) is 0 Å². The van der Waals surface area contributed by atoms with Crippen molar-refractivity contribution in [2.75, 3.05) is 12.3 Å². The maximum absolute atomic E-state index is 12.3. The van der Waals surface area contributed by atoms with Gasteiger partial charge in [-0.15, -0.1) is 0 Å². The van der Waals surface area contributed by atoms with Crippen molar-refractivity contribution in [1.29, 1.82) is 0 Å². The van der Waals surface area contributed by atoms with E-state index in [4.69, 9.17) is 10.5 Å². The lowest BCUT2D eigenvalue weighted by Gasteiger charge is -2.11. The number of fused-ring (bicyclic) bond motifs is 1. The third kappa shape index (κ3) is 2.07. The fourth-order valence-corrected chi connectivity index (χ4v) is 2.38. The number of benzene rings is 2. The molecule has 102 valence electrons. The summed E-state index contributed by atoms with van der Waals surface area (Å²) in [5.41, 5.74) is 7.04. The molecule has 1 amide bonds.